The van der Waals surface area contributed by atoms with Crippen LogP contribution in [-0.4, -0.2) is 11.9 Å². The van der Waals surface area contributed by atoms with Gasteiger partial charge in [-0.15, -0.1) is 0 Å². The summed E-state index contributed by atoms with van der Waals surface area (Å²) in [5.74, 6) is 0.0982. The van der Waals surface area contributed by atoms with Gasteiger partial charge in [0.05, 0.1) is 44.5 Å². The number of benzene rings is 6. The zero-order valence-electron chi connectivity index (χ0n) is 38.5. The lowest BCUT2D eigenvalue weighted by Gasteiger charge is -2.46. The van der Waals surface area contributed by atoms with Crippen LogP contribution in [0.1, 0.15) is 54.9 Å². The first kappa shape index (κ1) is 61.0. The van der Waals surface area contributed by atoms with Crippen LogP contribution in [0, 0.1) is 0 Å². The summed E-state index contributed by atoms with van der Waals surface area (Å²) in [7, 11) is 0. The van der Waals surface area contributed by atoms with Crippen LogP contribution in [0.2, 0.25) is 5.02 Å². The molecule has 0 saturated carbocycles. The molecule has 0 spiro atoms. The molecule has 0 fully saturated rings. The number of pyridine rings is 1. The zero-order chi connectivity index (χ0) is 59.3. The van der Waals surface area contributed by atoms with Gasteiger partial charge >= 0.3 is 49.4 Å². The Labute approximate surface area is 433 Å². The highest BCUT2D eigenvalue weighted by atomic mass is 35.5. The van der Waals surface area contributed by atoms with E-state index in [1.165, 1.54) is 0 Å². The normalized spacial score (nSPS) is 13.2. The number of nitrogens with zero attached hydrogens (tertiary/aromatic N) is 1. The third-order valence-electron chi connectivity index (χ3n) is 11.9. The average Bonchev–Trinajstić information content (AvgIpc) is 3.54. The van der Waals surface area contributed by atoms with Crippen LogP contribution in [0.15, 0.2) is 152 Å². The van der Waals surface area contributed by atoms with Crippen LogP contribution < -0.4 is 26.4 Å². The minimum atomic E-state index is -6.13. The van der Waals surface area contributed by atoms with Crippen LogP contribution in [0.5, 0.6) is 0 Å². The molecule has 1 aromatic heterocycles. The first-order valence-electron chi connectivity index (χ1n) is 21.7. The third-order valence-corrected chi connectivity index (χ3v) is 12.1. The summed E-state index contributed by atoms with van der Waals surface area (Å²) in [6, 6.07) is 12.2. The lowest BCUT2D eigenvalue weighted by Crippen LogP contribution is -2.75. The Morgan fingerprint density at radius 2 is 0.620 bits per heavy atom. The van der Waals surface area contributed by atoms with Crippen LogP contribution in [0.25, 0.3) is 11.1 Å². The summed E-state index contributed by atoms with van der Waals surface area (Å²) < 4.78 is 343. The Kier molecular flexibility index (Phi) is 16.6. The number of hydrogen-bond donors (Lipinski definition) is 0. The van der Waals surface area contributed by atoms with Crippen molar-refractivity contribution in [2.45, 2.75) is 56.0 Å². The maximum Gasteiger partial charge on any atom is 0.416 e. The molecule has 0 radical (unpaired) electrons. The van der Waals surface area contributed by atoms with E-state index in [2.05, 4.69) is 0 Å². The molecule has 420 valence electrons. The molecular weight excluding hydrogens is 1140 g/mol. The van der Waals surface area contributed by atoms with Crippen molar-refractivity contribution in [3.8, 4) is 11.1 Å². The summed E-state index contributed by atoms with van der Waals surface area (Å²) in [6.07, 6.45) is -51.0. The van der Waals surface area contributed by atoms with Crippen molar-refractivity contribution in [2.75, 3.05) is 0 Å². The number of Topliss-reactive ketones (excluding diaryl/α,β-unsaturated/α-hetero) is 1. The van der Waals surface area contributed by atoms with E-state index in [0.717, 1.165) is 16.7 Å². The van der Waals surface area contributed by atoms with E-state index in [-0.39, 0.29) is 5.78 Å². The fourth-order valence-electron chi connectivity index (χ4n) is 8.37. The van der Waals surface area contributed by atoms with Gasteiger partial charge in [-0.3, -0.25) is 4.79 Å². The molecule has 0 amide bonds. The molecular formula is C51H27BClF24NO. The predicted octanol–water partition coefficient (Wildman–Crippen LogP) is 15.4. The van der Waals surface area contributed by atoms with Crippen LogP contribution in [-0.2, 0) is 56.0 Å². The molecule has 7 rings (SSSR count). The standard InChI is InChI=1S/C32H12BF24.C19H15ClNO/c34-25(35,36)13-1-14(26(37,38)39)6-21(5-13)33(22-7-15(27(40,41)42)2-16(8-22)28(43,44)45,23-9-17(29(46,47)48)3-18(10-23)30(49,50)51)24-11-19(31(52,53)54)4-20(12-24)32(55,56)57;20-18-8-4-7-17(13-18)15-9-11-21(12-10-15)14-19(22)16-5-2-1-3-6-16/h1-12H;1-13H,14H2/q-1;+1. The average molecular weight is 1170 g/mol. The number of hydrogen-bond acceptors (Lipinski definition) is 1. The van der Waals surface area contributed by atoms with E-state index in [9.17, 15) is 110 Å². The molecule has 0 bridgehead atoms. The van der Waals surface area contributed by atoms with Gasteiger partial charge in [-0.2, -0.15) is 132 Å². The van der Waals surface area contributed by atoms with Gasteiger partial charge in [-0.25, -0.2) is 0 Å². The summed E-state index contributed by atoms with van der Waals surface area (Å²) in [5, 5.41) is 0.716. The fraction of sp³-hybridized carbons (Fsp3) is 0.176. The first-order valence-corrected chi connectivity index (χ1v) is 22.1. The topological polar surface area (TPSA) is 20.9 Å². The van der Waals surface area contributed by atoms with E-state index in [4.69, 9.17) is 11.6 Å². The van der Waals surface area contributed by atoms with Crippen molar-refractivity contribution in [2.24, 2.45) is 0 Å². The van der Waals surface area contributed by atoms with Gasteiger partial charge in [-0.1, -0.05) is 103 Å². The van der Waals surface area contributed by atoms with E-state index >= 15 is 0 Å². The van der Waals surface area contributed by atoms with Crippen molar-refractivity contribution in [3.63, 3.8) is 0 Å². The smallest absolute Gasteiger partial charge is 0.287 e. The van der Waals surface area contributed by atoms with Gasteiger partial charge in [0.1, 0.15) is 6.15 Å². The molecule has 79 heavy (non-hydrogen) atoms. The van der Waals surface area contributed by atoms with E-state index in [1.807, 2.05) is 83.7 Å². The second-order valence-corrected chi connectivity index (χ2v) is 17.7. The summed E-state index contributed by atoms with van der Waals surface area (Å²) in [5.41, 5.74) is -27.3. The summed E-state index contributed by atoms with van der Waals surface area (Å²) in [4.78, 5) is 12.2. The fourth-order valence-corrected chi connectivity index (χ4v) is 8.57. The number of aromatic nitrogens is 1. The van der Waals surface area contributed by atoms with Crippen molar-refractivity contribution in [1.29, 1.82) is 0 Å². The number of carbonyl (C=O) groups is 1. The number of alkyl halides is 24. The number of carbonyl (C=O) groups excluding carboxylic acids is 1. The molecule has 0 aliphatic carbocycles. The van der Waals surface area contributed by atoms with Crippen molar-refractivity contribution in [3.05, 3.63) is 207 Å². The summed E-state index contributed by atoms with van der Waals surface area (Å²) in [6.45, 7) is 0.333. The Bertz CT molecular complexity index is 2900. The minimum absolute atomic E-state index is 0.0982. The Morgan fingerprint density at radius 1 is 0.342 bits per heavy atom. The van der Waals surface area contributed by atoms with Gasteiger partial charge in [-0.05, 0) is 47.5 Å². The van der Waals surface area contributed by atoms with Crippen LogP contribution in [0.4, 0.5) is 105 Å². The molecule has 0 aliphatic heterocycles. The molecule has 0 saturated heterocycles. The number of halogens is 25. The van der Waals surface area contributed by atoms with E-state index in [0.29, 0.717) is 11.6 Å². The van der Waals surface area contributed by atoms with Gasteiger partial charge < -0.3 is 0 Å². The highest BCUT2D eigenvalue weighted by molar-refractivity contribution is 7.20. The molecule has 28 heteroatoms. The molecule has 1 heterocycles. The molecule has 0 atom stereocenters. The van der Waals surface area contributed by atoms with Crippen LogP contribution in [0.3, 0.4) is 0 Å². The van der Waals surface area contributed by atoms with Gasteiger partial charge in [0.15, 0.2) is 12.4 Å². The molecule has 7 aromatic rings. The maximum absolute atomic E-state index is 14.2. The van der Waals surface area contributed by atoms with E-state index < -0.39 is 195 Å². The van der Waals surface area contributed by atoms with E-state index in [1.54, 1.807) is 0 Å². The second kappa shape index (κ2) is 21.5. The lowest BCUT2D eigenvalue weighted by molar-refractivity contribution is -0.683. The lowest BCUT2D eigenvalue weighted by atomic mass is 9.12. The van der Waals surface area contributed by atoms with Gasteiger partial charge in [0.2, 0.25) is 12.3 Å². The molecule has 0 unspecified atom stereocenters. The molecule has 0 aliphatic rings. The van der Waals surface area contributed by atoms with Crippen molar-refractivity contribution in [1.82, 2.24) is 0 Å². The maximum atomic E-state index is 14.2. The Morgan fingerprint density at radius 3 is 0.873 bits per heavy atom. The summed E-state index contributed by atoms with van der Waals surface area (Å²) >= 11 is 6.01. The van der Waals surface area contributed by atoms with Gasteiger partial charge in [0, 0.05) is 22.7 Å². The van der Waals surface area contributed by atoms with Crippen molar-refractivity contribution >= 4 is 45.4 Å². The number of ketones is 1. The second-order valence-electron chi connectivity index (χ2n) is 17.3. The predicted molar refractivity (Wildman–Crippen MR) is 238 cm³/mol. The highest BCUT2D eigenvalue weighted by Gasteiger charge is 2.47. The Hall–Kier alpha value is -7.19. The number of rotatable bonds is 8. The molecule has 0 N–H and O–H groups in total. The molecule has 6 aromatic carbocycles. The first-order chi connectivity index (χ1) is 36.0. The third kappa shape index (κ3) is 14.4. The largest absolute Gasteiger partial charge is 0.416 e. The SMILES string of the molecule is FC(F)(F)c1cc([B-](c2cc(C(F)(F)F)cc(C(F)(F)F)c2)(c2cc(C(F)(F)F)cc(C(F)(F)F)c2)c2cc(C(F)(F)F)cc(C(F)(F)F)c2)cc(C(F)(F)F)c1.O=C(C[n+]1ccc(-c2cccc(Cl)c2)cc1)c1ccccc1. The molecule has 2 nitrogen and oxygen atoms in total. The van der Waals surface area contributed by atoms with Crippen LogP contribution >= 0.6 is 11.6 Å². The minimum Gasteiger partial charge on any atom is -0.287 e. The van der Waals surface area contributed by atoms with Gasteiger partial charge in [0.25, 0.3) is 0 Å². The monoisotopic (exact) mass is 1170 g/mol. The quantitative estimate of drug-likeness (QED) is 0.0643. The van der Waals surface area contributed by atoms with Crippen molar-refractivity contribution < 1.29 is 115 Å². The Balaban J connectivity index is 0.000000378. The highest BCUT2D eigenvalue weighted by Crippen LogP contribution is 2.41. The zero-order valence-corrected chi connectivity index (χ0v) is 39.3.